The molecule has 138 valence electrons. The van der Waals surface area contributed by atoms with Gasteiger partial charge < -0.3 is 19.3 Å². The summed E-state index contributed by atoms with van der Waals surface area (Å²) in [6.07, 6.45) is 4.06. The van der Waals surface area contributed by atoms with E-state index in [9.17, 15) is 4.21 Å². The van der Waals surface area contributed by atoms with Crippen molar-refractivity contribution in [1.82, 2.24) is 9.55 Å². The van der Waals surface area contributed by atoms with Crippen LogP contribution < -0.4 is 0 Å². The zero-order valence-electron chi connectivity index (χ0n) is 14.3. The van der Waals surface area contributed by atoms with Gasteiger partial charge in [0.25, 0.3) is 0 Å². The van der Waals surface area contributed by atoms with Crippen LogP contribution in [-0.2, 0) is 31.6 Å². The maximum absolute atomic E-state index is 12.5. The molecular weight excluding hydrogens is 344 g/mol. The Morgan fingerprint density at radius 3 is 2.64 bits per heavy atom. The molecule has 1 atom stereocenters. The molecule has 7 nitrogen and oxygen atoms in total. The van der Waals surface area contributed by atoms with Crippen LogP contribution in [0.2, 0.25) is 0 Å². The molecule has 0 fully saturated rings. The van der Waals surface area contributed by atoms with Gasteiger partial charge in [0.2, 0.25) is 5.16 Å². The van der Waals surface area contributed by atoms with Gasteiger partial charge in [-0.1, -0.05) is 12.1 Å². The van der Waals surface area contributed by atoms with Crippen LogP contribution in [0.25, 0.3) is 5.69 Å². The Bertz CT molecular complexity index is 645. The Labute approximate surface area is 150 Å². The lowest BCUT2D eigenvalue weighted by molar-refractivity contribution is -0.0652. The van der Waals surface area contributed by atoms with Crippen molar-refractivity contribution in [3.05, 3.63) is 42.2 Å². The number of nitrogens with zero attached hydrogens (tertiary/aromatic N) is 2. The number of benzene rings is 1. The third-order valence-electron chi connectivity index (χ3n) is 3.42. The van der Waals surface area contributed by atoms with Crippen LogP contribution in [0, 0.1) is 0 Å². The monoisotopic (exact) mass is 368 g/mol. The molecule has 0 saturated carbocycles. The second-order valence-corrected chi connectivity index (χ2v) is 6.70. The summed E-state index contributed by atoms with van der Waals surface area (Å²) in [5, 5.41) is 9.62. The molecule has 0 aliphatic heterocycles. The van der Waals surface area contributed by atoms with Crippen LogP contribution in [0.1, 0.15) is 12.0 Å². The van der Waals surface area contributed by atoms with E-state index >= 15 is 0 Å². The molecule has 1 aromatic carbocycles. The molecule has 1 aromatic heterocycles. The van der Waals surface area contributed by atoms with Gasteiger partial charge >= 0.3 is 0 Å². The minimum absolute atomic E-state index is 0.00181. The van der Waals surface area contributed by atoms with Gasteiger partial charge in [0.1, 0.15) is 6.79 Å². The molecule has 1 N–H and O–H groups in total. The van der Waals surface area contributed by atoms with Crippen molar-refractivity contribution >= 4 is 10.8 Å². The largest absolute Gasteiger partial charge is 0.392 e. The normalized spacial score (nSPS) is 12.4. The summed E-state index contributed by atoms with van der Waals surface area (Å²) in [7, 11) is 0.395. The molecule has 0 aliphatic rings. The first-order chi connectivity index (χ1) is 12.3. The number of imidazole rings is 1. The molecule has 1 heterocycles. The molecule has 2 rings (SSSR count). The van der Waals surface area contributed by atoms with Crippen molar-refractivity contribution in [1.29, 1.82) is 0 Å². The van der Waals surface area contributed by atoms with Crippen LogP contribution in [0.15, 0.2) is 41.8 Å². The summed E-state index contributed by atoms with van der Waals surface area (Å²) in [5.74, 6) is 0.462. The first-order valence-electron chi connectivity index (χ1n) is 8.02. The summed E-state index contributed by atoms with van der Waals surface area (Å²) in [5.41, 5.74) is 1.69. The molecular formula is C17H24N2O5S. The molecule has 0 spiro atoms. The zero-order valence-corrected chi connectivity index (χ0v) is 15.1. The van der Waals surface area contributed by atoms with Crippen LogP contribution in [0.5, 0.6) is 0 Å². The average molecular weight is 368 g/mol. The van der Waals surface area contributed by atoms with Gasteiger partial charge in [0.05, 0.1) is 37.2 Å². The quantitative estimate of drug-likeness (QED) is 0.452. The van der Waals surface area contributed by atoms with E-state index in [1.54, 1.807) is 24.1 Å². The van der Waals surface area contributed by atoms with E-state index in [1.165, 1.54) is 0 Å². The molecule has 0 aliphatic carbocycles. The lowest BCUT2D eigenvalue weighted by Gasteiger charge is -2.09. The zero-order chi connectivity index (χ0) is 17.9. The molecule has 0 bridgehead atoms. The smallest absolute Gasteiger partial charge is 0.203 e. The van der Waals surface area contributed by atoms with Crippen molar-refractivity contribution in [2.75, 3.05) is 39.5 Å². The predicted octanol–water partition coefficient (Wildman–Crippen LogP) is 1.50. The highest BCUT2D eigenvalue weighted by atomic mass is 32.2. The standard InChI is InChI=1S/C17H24N2O5S/c1-22-10-11-24-14-23-9-2-12-25(21)17-18-7-8-19(17)16-5-3-15(13-20)4-6-16/h3-8,20H,2,9-14H2,1H3. The van der Waals surface area contributed by atoms with Gasteiger partial charge in [0.15, 0.2) is 0 Å². The van der Waals surface area contributed by atoms with E-state index in [-0.39, 0.29) is 13.4 Å². The van der Waals surface area contributed by atoms with Gasteiger partial charge in [0, 0.05) is 30.9 Å². The van der Waals surface area contributed by atoms with Crippen molar-refractivity contribution in [2.45, 2.75) is 18.2 Å². The van der Waals surface area contributed by atoms with E-state index in [2.05, 4.69) is 4.98 Å². The van der Waals surface area contributed by atoms with E-state index in [0.29, 0.717) is 37.2 Å². The van der Waals surface area contributed by atoms with Crippen LogP contribution in [0.3, 0.4) is 0 Å². The third-order valence-corrected chi connectivity index (χ3v) is 4.79. The van der Waals surface area contributed by atoms with Gasteiger partial charge in [-0.25, -0.2) is 4.98 Å². The predicted molar refractivity (Wildman–Crippen MR) is 94.0 cm³/mol. The van der Waals surface area contributed by atoms with E-state index < -0.39 is 10.8 Å². The lowest BCUT2D eigenvalue weighted by Crippen LogP contribution is -2.10. The Morgan fingerprint density at radius 1 is 1.16 bits per heavy atom. The second kappa shape index (κ2) is 11.1. The molecule has 0 saturated heterocycles. The van der Waals surface area contributed by atoms with Crippen molar-refractivity contribution < 1.29 is 23.5 Å². The summed E-state index contributed by atoms with van der Waals surface area (Å²) in [6.45, 7) is 1.72. The Balaban J connectivity index is 1.79. The number of hydrogen-bond acceptors (Lipinski definition) is 6. The van der Waals surface area contributed by atoms with Gasteiger partial charge in [-0.2, -0.15) is 0 Å². The second-order valence-electron chi connectivity index (χ2n) is 5.23. The third kappa shape index (κ3) is 6.33. The fourth-order valence-corrected chi connectivity index (χ4v) is 3.25. The number of aliphatic hydroxyl groups excluding tert-OH is 1. The van der Waals surface area contributed by atoms with Crippen LogP contribution in [-0.4, -0.2) is 58.3 Å². The maximum atomic E-state index is 12.5. The Kier molecular flexibility index (Phi) is 8.78. The molecule has 8 heteroatoms. The number of aromatic nitrogens is 2. The summed E-state index contributed by atoms with van der Waals surface area (Å²) < 4.78 is 29.7. The fourth-order valence-electron chi connectivity index (χ4n) is 2.12. The first-order valence-corrected chi connectivity index (χ1v) is 9.34. The summed E-state index contributed by atoms with van der Waals surface area (Å²) in [4.78, 5) is 4.22. The highest BCUT2D eigenvalue weighted by Crippen LogP contribution is 2.15. The van der Waals surface area contributed by atoms with Crippen LogP contribution in [0.4, 0.5) is 0 Å². The molecule has 0 amide bonds. The van der Waals surface area contributed by atoms with Crippen molar-refractivity contribution in [3.63, 3.8) is 0 Å². The minimum Gasteiger partial charge on any atom is -0.392 e. The SMILES string of the molecule is COCCOCOCCCS(=O)c1nccn1-c1ccc(CO)cc1. The topological polar surface area (TPSA) is 82.8 Å². The highest BCUT2D eigenvalue weighted by Gasteiger charge is 2.12. The number of ether oxygens (including phenoxy) is 3. The number of rotatable bonds is 12. The Morgan fingerprint density at radius 2 is 1.92 bits per heavy atom. The number of methoxy groups -OCH3 is 1. The first kappa shape index (κ1) is 19.7. The van der Waals surface area contributed by atoms with E-state index in [4.69, 9.17) is 19.3 Å². The highest BCUT2D eigenvalue weighted by molar-refractivity contribution is 7.84. The molecule has 2 aromatic rings. The van der Waals surface area contributed by atoms with E-state index in [1.807, 2.05) is 24.3 Å². The Hall–Kier alpha value is -1.58. The number of hydrogen-bond donors (Lipinski definition) is 1. The van der Waals surface area contributed by atoms with Crippen molar-refractivity contribution in [2.24, 2.45) is 0 Å². The average Bonchev–Trinajstić information content (AvgIpc) is 3.13. The lowest BCUT2D eigenvalue weighted by atomic mass is 10.2. The van der Waals surface area contributed by atoms with Gasteiger partial charge in [-0.05, 0) is 24.1 Å². The van der Waals surface area contributed by atoms with Gasteiger partial charge in [-0.3, -0.25) is 8.78 Å². The maximum Gasteiger partial charge on any atom is 0.203 e. The fraction of sp³-hybridized carbons (Fsp3) is 0.471. The van der Waals surface area contributed by atoms with Crippen molar-refractivity contribution in [3.8, 4) is 5.69 Å². The minimum atomic E-state index is -1.22. The molecule has 25 heavy (non-hydrogen) atoms. The summed E-state index contributed by atoms with van der Waals surface area (Å²) >= 11 is 0. The molecule has 1 unspecified atom stereocenters. The molecule has 0 radical (unpaired) electrons. The summed E-state index contributed by atoms with van der Waals surface area (Å²) in [6, 6.07) is 7.40. The van der Waals surface area contributed by atoms with Crippen LogP contribution >= 0.6 is 0 Å². The van der Waals surface area contributed by atoms with Gasteiger partial charge in [-0.15, -0.1) is 0 Å². The van der Waals surface area contributed by atoms with E-state index in [0.717, 1.165) is 11.3 Å². The number of aliphatic hydroxyl groups is 1.